The van der Waals surface area contributed by atoms with Crippen LogP contribution in [0, 0.1) is 5.82 Å². The molecule has 4 nitrogen and oxygen atoms in total. The van der Waals surface area contributed by atoms with Gasteiger partial charge in [-0.2, -0.15) is 0 Å². The van der Waals surface area contributed by atoms with E-state index in [-0.39, 0.29) is 29.4 Å². The van der Waals surface area contributed by atoms with E-state index >= 15 is 0 Å². The topological polar surface area (TPSA) is 63.4 Å². The Bertz CT molecular complexity index is 604. The minimum atomic E-state index is -2.98. The van der Waals surface area contributed by atoms with Gasteiger partial charge in [-0.1, -0.05) is 13.0 Å². The molecular formula is C15H23FN2O2S. The predicted octanol–water partition coefficient (Wildman–Crippen LogP) is 1.73. The van der Waals surface area contributed by atoms with Crippen LogP contribution in [0.4, 0.5) is 10.1 Å². The maximum Gasteiger partial charge on any atom is 0.154 e. The zero-order valence-electron chi connectivity index (χ0n) is 12.5. The molecule has 1 aliphatic heterocycles. The highest BCUT2D eigenvalue weighted by Crippen LogP contribution is 2.28. The number of hydrogen-bond donors (Lipinski definition) is 1. The number of sulfone groups is 1. The van der Waals surface area contributed by atoms with Crippen molar-refractivity contribution in [2.24, 2.45) is 5.73 Å². The summed E-state index contributed by atoms with van der Waals surface area (Å²) in [6.07, 6.45) is 1.24. The Labute approximate surface area is 126 Å². The summed E-state index contributed by atoms with van der Waals surface area (Å²) < 4.78 is 37.6. The summed E-state index contributed by atoms with van der Waals surface area (Å²) in [7, 11) is -2.98. The summed E-state index contributed by atoms with van der Waals surface area (Å²) in [4.78, 5) is 1.99. The van der Waals surface area contributed by atoms with Gasteiger partial charge in [0.2, 0.25) is 0 Å². The summed E-state index contributed by atoms with van der Waals surface area (Å²) in [5.41, 5.74) is 7.34. The second-order valence-electron chi connectivity index (χ2n) is 5.77. The maximum absolute atomic E-state index is 14.2. The number of rotatable bonds is 4. The Hall–Kier alpha value is -1.14. The first kappa shape index (κ1) is 16.2. The highest BCUT2D eigenvalue weighted by molar-refractivity contribution is 7.91. The van der Waals surface area contributed by atoms with Gasteiger partial charge in [-0.25, -0.2) is 12.8 Å². The van der Waals surface area contributed by atoms with Crippen LogP contribution in [0.15, 0.2) is 18.2 Å². The molecule has 1 fully saturated rings. The summed E-state index contributed by atoms with van der Waals surface area (Å²) in [5.74, 6) is -0.0346. The van der Waals surface area contributed by atoms with Gasteiger partial charge in [-0.05, 0) is 31.9 Å². The molecule has 0 spiro atoms. The molecule has 2 rings (SSSR count). The van der Waals surface area contributed by atoms with Crippen molar-refractivity contribution in [2.45, 2.75) is 38.8 Å². The van der Waals surface area contributed by atoms with Gasteiger partial charge >= 0.3 is 0 Å². The monoisotopic (exact) mass is 314 g/mol. The lowest BCUT2D eigenvalue weighted by molar-refractivity contribution is 0.559. The molecule has 0 saturated carbocycles. The molecule has 1 aromatic rings. The third-order valence-electron chi connectivity index (χ3n) is 4.06. The Morgan fingerprint density at radius 1 is 1.48 bits per heavy atom. The third kappa shape index (κ3) is 3.74. The molecule has 2 atom stereocenters. The molecule has 1 aliphatic rings. The lowest BCUT2D eigenvalue weighted by Gasteiger charge is -2.36. The van der Waals surface area contributed by atoms with Gasteiger partial charge in [0.1, 0.15) is 5.82 Å². The molecule has 1 heterocycles. The van der Waals surface area contributed by atoms with Crippen LogP contribution in [0.1, 0.15) is 25.8 Å². The van der Waals surface area contributed by atoms with Gasteiger partial charge in [0.05, 0.1) is 11.5 Å². The van der Waals surface area contributed by atoms with E-state index in [0.29, 0.717) is 18.5 Å². The van der Waals surface area contributed by atoms with Crippen LogP contribution >= 0.6 is 0 Å². The predicted molar refractivity (Wildman–Crippen MR) is 83.8 cm³/mol. The van der Waals surface area contributed by atoms with Crippen LogP contribution in [-0.2, 0) is 16.3 Å². The Balaban J connectivity index is 2.33. The molecule has 0 bridgehead atoms. The summed E-state index contributed by atoms with van der Waals surface area (Å²) >= 11 is 0. The van der Waals surface area contributed by atoms with E-state index < -0.39 is 9.84 Å². The lowest BCUT2D eigenvalue weighted by atomic mass is 10.0. The van der Waals surface area contributed by atoms with E-state index in [2.05, 4.69) is 0 Å². The van der Waals surface area contributed by atoms with Crippen molar-refractivity contribution in [3.63, 3.8) is 0 Å². The second kappa shape index (κ2) is 6.32. The Morgan fingerprint density at radius 2 is 2.19 bits per heavy atom. The Kier molecular flexibility index (Phi) is 4.88. The van der Waals surface area contributed by atoms with Gasteiger partial charge in [-0.15, -0.1) is 0 Å². The van der Waals surface area contributed by atoms with E-state index in [4.69, 9.17) is 5.73 Å². The molecule has 21 heavy (non-hydrogen) atoms. The zero-order chi connectivity index (χ0) is 15.6. The number of nitrogens with two attached hydrogens (primary N) is 1. The van der Waals surface area contributed by atoms with Gasteiger partial charge < -0.3 is 10.6 Å². The maximum atomic E-state index is 14.2. The molecule has 2 N–H and O–H groups in total. The highest BCUT2D eigenvalue weighted by Gasteiger charge is 2.30. The van der Waals surface area contributed by atoms with E-state index in [1.165, 1.54) is 6.07 Å². The fourth-order valence-electron chi connectivity index (χ4n) is 2.78. The van der Waals surface area contributed by atoms with Crippen molar-refractivity contribution < 1.29 is 12.8 Å². The van der Waals surface area contributed by atoms with E-state index in [9.17, 15) is 12.8 Å². The molecule has 2 unspecified atom stereocenters. The Morgan fingerprint density at radius 3 is 2.81 bits per heavy atom. The van der Waals surface area contributed by atoms with E-state index in [0.717, 1.165) is 12.1 Å². The second-order valence-corrected chi connectivity index (χ2v) is 8.00. The first-order valence-electron chi connectivity index (χ1n) is 7.34. The normalized spacial score (nSPS) is 23.0. The first-order valence-corrected chi connectivity index (χ1v) is 9.16. The summed E-state index contributed by atoms with van der Waals surface area (Å²) in [6, 6.07) is 4.72. The minimum Gasteiger partial charge on any atom is -0.366 e. The van der Waals surface area contributed by atoms with Crippen LogP contribution in [0.25, 0.3) is 0 Å². The van der Waals surface area contributed by atoms with E-state index in [1.54, 1.807) is 6.07 Å². The zero-order valence-corrected chi connectivity index (χ0v) is 13.4. The van der Waals surface area contributed by atoms with Crippen LogP contribution in [0.2, 0.25) is 0 Å². The van der Waals surface area contributed by atoms with Crippen molar-refractivity contribution in [2.75, 3.05) is 23.0 Å². The molecule has 0 radical (unpaired) electrons. The van der Waals surface area contributed by atoms with Crippen LogP contribution in [0.3, 0.4) is 0 Å². The molecule has 0 amide bonds. The lowest BCUT2D eigenvalue weighted by Crippen LogP contribution is -2.47. The van der Waals surface area contributed by atoms with Crippen molar-refractivity contribution in [1.82, 2.24) is 0 Å². The van der Waals surface area contributed by atoms with Gasteiger partial charge in [0.15, 0.2) is 9.84 Å². The number of hydrogen-bond acceptors (Lipinski definition) is 4. The first-order chi connectivity index (χ1) is 9.84. The number of anilines is 1. The summed E-state index contributed by atoms with van der Waals surface area (Å²) in [5, 5.41) is 0. The molecule has 0 aromatic heterocycles. The van der Waals surface area contributed by atoms with Crippen LogP contribution in [-0.4, -0.2) is 38.6 Å². The standard InChI is InChI=1S/C15H23FN2O2S/c1-3-12(17)9-13-14(16)5-4-6-15(13)18-7-8-21(19,20)10-11(18)2/h4-6,11-12H,3,7-10,17H2,1-2H3. The largest absolute Gasteiger partial charge is 0.366 e. The smallest absolute Gasteiger partial charge is 0.154 e. The quantitative estimate of drug-likeness (QED) is 0.919. The number of benzene rings is 1. The average Bonchev–Trinajstić information content (AvgIpc) is 2.40. The van der Waals surface area contributed by atoms with Crippen molar-refractivity contribution >= 4 is 15.5 Å². The molecule has 0 aliphatic carbocycles. The van der Waals surface area contributed by atoms with Gasteiger partial charge in [0, 0.05) is 29.9 Å². The molecule has 118 valence electrons. The van der Waals surface area contributed by atoms with Gasteiger partial charge in [0.25, 0.3) is 0 Å². The SMILES string of the molecule is CCC(N)Cc1c(F)cccc1N1CCS(=O)(=O)CC1C. The minimum absolute atomic E-state index is 0.0931. The highest BCUT2D eigenvalue weighted by atomic mass is 32.2. The average molecular weight is 314 g/mol. The molecule has 1 saturated heterocycles. The fraction of sp³-hybridized carbons (Fsp3) is 0.600. The third-order valence-corrected chi connectivity index (χ3v) is 5.86. The molecule has 6 heteroatoms. The van der Waals surface area contributed by atoms with E-state index in [1.807, 2.05) is 24.8 Å². The van der Waals surface area contributed by atoms with Gasteiger partial charge in [-0.3, -0.25) is 0 Å². The van der Waals surface area contributed by atoms with Crippen molar-refractivity contribution in [1.29, 1.82) is 0 Å². The van der Waals surface area contributed by atoms with Crippen molar-refractivity contribution in [3.05, 3.63) is 29.6 Å². The van der Waals surface area contributed by atoms with Crippen LogP contribution in [0.5, 0.6) is 0 Å². The number of halogens is 1. The summed E-state index contributed by atoms with van der Waals surface area (Å²) in [6.45, 7) is 4.24. The van der Waals surface area contributed by atoms with Crippen LogP contribution < -0.4 is 10.6 Å². The molecule has 1 aromatic carbocycles. The number of nitrogens with zero attached hydrogens (tertiary/aromatic N) is 1. The fourth-order valence-corrected chi connectivity index (χ4v) is 4.34. The molecular weight excluding hydrogens is 291 g/mol. The van der Waals surface area contributed by atoms with Crippen molar-refractivity contribution in [3.8, 4) is 0 Å².